The van der Waals surface area contributed by atoms with Crippen molar-refractivity contribution in [1.82, 2.24) is 25.3 Å². The van der Waals surface area contributed by atoms with E-state index in [1.807, 2.05) is 36.7 Å². The van der Waals surface area contributed by atoms with Crippen LogP contribution < -0.4 is 5.32 Å². The van der Waals surface area contributed by atoms with Crippen LogP contribution in [-0.4, -0.2) is 26.0 Å². The van der Waals surface area contributed by atoms with Gasteiger partial charge in [0.15, 0.2) is 10.3 Å². The van der Waals surface area contributed by atoms with E-state index in [2.05, 4.69) is 25.3 Å². The maximum Gasteiger partial charge on any atom is 0.195 e. The third kappa shape index (κ3) is 3.06. The molecule has 2 N–H and O–H groups in total. The Morgan fingerprint density at radius 1 is 1.19 bits per heavy atom. The molecule has 21 heavy (non-hydrogen) atoms. The zero-order valence-electron chi connectivity index (χ0n) is 11.4. The first-order chi connectivity index (χ1) is 10.4. The number of aromatic nitrogens is 4. The molecule has 106 valence electrons. The average molecular weight is 297 g/mol. The second-order valence-corrected chi connectivity index (χ2v) is 6.15. The van der Waals surface area contributed by atoms with E-state index < -0.39 is 0 Å². The average Bonchev–Trinajstić information content (AvgIpc) is 3.25. The van der Waals surface area contributed by atoms with Crippen molar-refractivity contribution in [2.45, 2.75) is 35.7 Å². The minimum atomic E-state index is 0.703. The van der Waals surface area contributed by atoms with Gasteiger partial charge in [-0.25, -0.2) is 15.0 Å². The van der Waals surface area contributed by atoms with Gasteiger partial charge in [-0.15, -0.1) is 0 Å². The Balaban J connectivity index is 1.45. The van der Waals surface area contributed by atoms with Gasteiger partial charge in [-0.2, -0.15) is 0 Å². The molecule has 1 aromatic carbocycles. The zero-order chi connectivity index (χ0) is 14.1. The molecule has 4 rings (SSSR count). The summed E-state index contributed by atoms with van der Waals surface area (Å²) in [5, 5.41) is 4.99. The van der Waals surface area contributed by atoms with Gasteiger partial charge in [0.2, 0.25) is 0 Å². The van der Waals surface area contributed by atoms with E-state index in [0.717, 1.165) is 28.3 Å². The summed E-state index contributed by atoms with van der Waals surface area (Å²) >= 11 is 1.45. The molecule has 5 nitrogen and oxygen atoms in total. The predicted molar refractivity (Wildman–Crippen MR) is 82.1 cm³/mol. The van der Waals surface area contributed by atoms with Gasteiger partial charge in [-0.1, -0.05) is 12.1 Å². The van der Waals surface area contributed by atoms with Gasteiger partial charge in [0.1, 0.15) is 0 Å². The van der Waals surface area contributed by atoms with Gasteiger partial charge in [-0.3, -0.25) is 0 Å². The highest BCUT2D eigenvalue weighted by Crippen LogP contribution is 2.24. The quantitative estimate of drug-likeness (QED) is 0.709. The summed E-state index contributed by atoms with van der Waals surface area (Å²) in [7, 11) is 0. The highest BCUT2D eigenvalue weighted by Gasteiger charge is 2.20. The first-order valence-electron chi connectivity index (χ1n) is 7.04. The second-order valence-electron chi connectivity index (χ2n) is 5.19. The molecule has 0 spiro atoms. The third-order valence-electron chi connectivity index (χ3n) is 3.41. The Morgan fingerprint density at radius 2 is 2.00 bits per heavy atom. The van der Waals surface area contributed by atoms with Crippen LogP contribution in [0.3, 0.4) is 0 Å². The van der Waals surface area contributed by atoms with Gasteiger partial charge in [0.25, 0.3) is 0 Å². The number of H-pyrrole nitrogens is 1. The normalized spacial score (nSPS) is 14.7. The minimum absolute atomic E-state index is 0.703. The van der Waals surface area contributed by atoms with Gasteiger partial charge in [-0.05, 0) is 36.7 Å². The lowest BCUT2D eigenvalue weighted by atomic mass is 10.3. The second kappa shape index (κ2) is 5.46. The van der Waals surface area contributed by atoms with E-state index in [1.165, 1.54) is 24.6 Å². The van der Waals surface area contributed by atoms with E-state index in [9.17, 15) is 0 Å². The van der Waals surface area contributed by atoms with Crippen molar-refractivity contribution < 1.29 is 0 Å². The van der Waals surface area contributed by atoms with Gasteiger partial charge >= 0.3 is 0 Å². The molecule has 0 unspecified atom stereocenters. The summed E-state index contributed by atoms with van der Waals surface area (Å²) in [6.07, 6.45) is 6.35. The van der Waals surface area contributed by atoms with Crippen LogP contribution in [0.2, 0.25) is 0 Å². The summed E-state index contributed by atoms with van der Waals surface area (Å²) in [6, 6.07) is 8.68. The van der Waals surface area contributed by atoms with E-state index in [1.54, 1.807) is 0 Å². The molecule has 3 aromatic rings. The van der Waals surface area contributed by atoms with E-state index >= 15 is 0 Å². The van der Waals surface area contributed by atoms with Crippen molar-refractivity contribution >= 4 is 22.8 Å². The van der Waals surface area contributed by atoms with Crippen LogP contribution in [0.1, 0.15) is 18.4 Å². The Bertz CT molecular complexity index is 715. The first kappa shape index (κ1) is 12.8. The predicted octanol–water partition coefficient (Wildman–Crippen LogP) is 2.76. The van der Waals surface area contributed by atoms with Crippen LogP contribution in [0, 0.1) is 0 Å². The Hall–Kier alpha value is -1.92. The van der Waals surface area contributed by atoms with E-state index in [4.69, 9.17) is 0 Å². The van der Waals surface area contributed by atoms with Crippen molar-refractivity contribution in [2.75, 3.05) is 0 Å². The van der Waals surface area contributed by atoms with Crippen LogP contribution in [0.4, 0.5) is 0 Å². The van der Waals surface area contributed by atoms with Crippen LogP contribution in [0.15, 0.2) is 47.0 Å². The number of aromatic amines is 1. The van der Waals surface area contributed by atoms with E-state index in [0.29, 0.717) is 11.2 Å². The number of nitrogens with zero attached hydrogens (tertiary/aromatic N) is 3. The van der Waals surface area contributed by atoms with Crippen LogP contribution in [-0.2, 0) is 6.54 Å². The number of imidazole rings is 1. The van der Waals surface area contributed by atoms with Crippen molar-refractivity contribution in [1.29, 1.82) is 0 Å². The Morgan fingerprint density at radius 3 is 2.76 bits per heavy atom. The largest absolute Gasteiger partial charge is 0.333 e. The molecule has 1 aliphatic carbocycles. The lowest BCUT2D eigenvalue weighted by Gasteiger charge is -2.02. The fourth-order valence-electron chi connectivity index (χ4n) is 2.10. The number of nitrogens with one attached hydrogen (secondary N) is 2. The highest BCUT2D eigenvalue weighted by atomic mass is 32.2. The molecule has 0 aliphatic heterocycles. The maximum atomic E-state index is 4.51. The molecule has 6 heteroatoms. The van der Waals surface area contributed by atoms with Crippen molar-refractivity contribution in [3.05, 3.63) is 42.2 Å². The molecule has 1 aliphatic rings. The van der Waals surface area contributed by atoms with Crippen LogP contribution in [0.5, 0.6) is 0 Å². The lowest BCUT2D eigenvalue weighted by molar-refractivity contribution is 0.680. The smallest absolute Gasteiger partial charge is 0.195 e. The standard InChI is InChI=1S/C15H15N5S/c1-2-4-13-12(3-1)19-15(20-13)21-14-17-8-10(9-18-14)7-16-11-5-6-11/h1-4,8-9,11,16H,5-7H2,(H,19,20). The zero-order valence-corrected chi connectivity index (χ0v) is 12.2. The molecule has 1 fully saturated rings. The van der Waals surface area contributed by atoms with Crippen LogP contribution >= 0.6 is 11.8 Å². The molecular formula is C15H15N5S. The number of para-hydroxylation sites is 2. The molecule has 0 amide bonds. The molecule has 0 saturated heterocycles. The number of hydrogen-bond donors (Lipinski definition) is 2. The monoisotopic (exact) mass is 297 g/mol. The summed E-state index contributed by atoms with van der Waals surface area (Å²) in [6.45, 7) is 0.847. The minimum Gasteiger partial charge on any atom is -0.333 e. The number of rotatable bonds is 5. The summed E-state index contributed by atoms with van der Waals surface area (Å²) in [5.74, 6) is 0. The molecule has 2 aromatic heterocycles. The Kier molecular flexibility index (Phi) is 3.33. The van der Waals surface area contributed by atoms with Gasteiger partial charge in [0.05, 0.1) is 11.0 Å². The molecule has 0 bridgehead atoms. The topological polar surface area (TPSA) is 66.5 Å². The van der Waals surface area contributed by atoms with Gasteiger partial charge in [0, 0.05) is 30.5 Å². The maximum absolute atomic E-state index is 4.51. The summed E-state index contributed by atoms with van der Waals surface area (Å²) in [5.41, 5.74) is 3.12. The Labute approximate surface area is 126 Å². The molecule has 0 atom stereocenters. The molecule has 0 radical (unpaired) electrons. The highest BCUT2D eigenvalue weighted by molar-refractivity contribution is 7.99. The molecule has 2 heterocycles. The van der Waals surface area contributed by atoms with Gasteiger partial charge < -0.3 is 10.3 Å². The third-order valence-corrected chi connectivity index (χ3v) is 4.19. The summed E-state index contributed by atoms with van der Waals surface area (Å²) in [4.78, 5) is 16.6. The SMILES string of the molecule is c1ccc2[nH]c(Sc3ncc(CNC4CC4)cn3)nc2c1. The first-order valence-corrected chi connectivity index (χ1v) is 7.85. The van der Waals surface area contributed by atoms with Crippen molar-refractivity contribution in [2.24, 2.45) is 0 Å². The van der Waals surface area contributed by atoms with E-state index in [-0.39, 0.29) is 0 Å². The number of fused-ring (bicyclic) bond motifs is 1. The number of hydrogen-bond acceptors (Lipinski definition) is 5. The molecule has 1 saturated carbocycles. The van der Waals surface area contributed by atoms with Crippen LogP contribution in [0.25, 0.3) is 11.0 Å². The van der Waals surface area contributed by atoms with Crippen molar-refractivity contribution in [3.8, 4) is 0 Å². The number of benzene rings is 1. The van der Waals surface area contributed by atoms with Crippen molar-refractivity contribution in [3.63, 3.8) is 0 Å². The molecular weight excluding hydrogens is 282 g/mol. The fraction of sp³-hybridized carbons (Fsp3) is 0.267. The lowest BCUT2D eigenvalue weighted by Crippen LogP contribution is -2.15. The summed E-state index contributed by atoms with van der Waals surface area (Å²) < 4.78 is 0. The fourth-order valence-corrected chi connectivity index (χ4v) is 2.79.